The van der Waals surface area contributed by atoms with Crippen LogP contribution in [-0.4, -0.2) is 57.3 Å². The lowest BCUT2D eigenvalue weighted by molar-refractivity contribution is -0.132. The fourth-order valence-corrected chi connectivity index (χ4v) is 5.42. The highest BCUT2D eigenvalue weighted by Gasteiger charge is 2.28. The highest BCUT2D eigenvalue weighted by atomic mass is 16.3. The Morgan fingerprint density at radius 2 is 1.05 bits per heavy atom. The van der Waals surface area contributed by atoms with Crippen LogP contribution in [0.15, 0.2) is 36.5 Å². The second-order valence-corrected chi connectivity index (χ2v) is 12.6. The molecule has 1 amide bonds. The van der Waals surface area contributed by atoms with Crippen LogP contribution in [0, 0.1) is 0 Å². The van der Waals surface area contributed by atoms with Gasteiger partial charge in [0.05, 0.1) is 18.8 Å². The fraction of sp³-hybridized carbons (Fsp3) is 0.816. The molecule has 0 aromatic carbocycles. The van der Waals surface area contributed by atoms with Crippen molar-refractivity contribution in [1.82, 2.24) is 5.32 Å². The van der Waals surface area contributed by atoms with Crippen molar-refractivity contribution in [2.45, 2.75) is 192 Å². The first-order valence-corrected chi connectivity index (χ1v) is 18.3. The average Bonchev–Trinajstić information content (AvgIpc) is 3.03. The fourth-order valence-electron chi connectivity index (χ4n) is 5.42. The number of nitrogens with one attached hydrogen (secondary N) is 1. The van der Waals surface area contributed by atoms with Gasteiger partial charge in [0.25, 0.3) is 0 Å². The molecule has 0 fully saturated rings. The van der Waals surface area contributed by atoms with Crippen molar-refractivity contribution in [1.29, 1.82) is 0 Å². The Morgan fingerprint density at radius 3 is 1.57 bits per heavy atom. The molecule has 6 heteroatoms. The monoisotopic (exact) mass is 622 g/mol. The lowest BCUT2D eigenvalue weighted by Gasteiger charge is -2.27. The Kier molecular flexibility index (Phi) is 31.8. The van der Waals surface area contributed by atoms with Gasteiger partial charge < -0.3 is 25.7 Å². The summed E-state index contributed by atoms with van der Waals surface area (Å²) < 4.78 is 0. The molecule has 0 heterocycles. The molecule has 258 valence electrons. The van der Waals surface area contributed by atoms with Gasteiger partial charge in [0.15, 0.2) is 0 Å². The third kappa shape index (κ3) is 26.9. The molecule has 6 nitrogen and oxygen atoms in total. The summed E-state index contributed by atoms with van der Waals surface area (Å²) in [7, 11) is 0. The number of rotatable bonds is 32. The first-order valence-electron chi connectivity index (χ1n) is 18.3. The highest BCUT2D eigenvalue weighted by Crippen LogP contribution is 2.14. The Labute approximate surface area is 271 Å². The molecule has 0 aliphatic rings. The highest BCUT2D eigenvalue weighted by molar-refractivity contribution is 5.80. The second kappa shape index (κ2) is 32.9. The molecule has 4 unspecified atom stereocenters. The van der Waals surface area contributed by atoms with E-state index in [1.54, 1.807) is 0 Å². The van der Waals surface area contributed by atoms with Crippen molar-refractivity contribution in [2.75, 3.05) is 6.61 Å². The summed E-state index contributed by atoms with van der Waals surface area (Å²) in [6.45, 7) is 3.77. The summed E-state index contributed by atoms with van der Waals surface area (Å²) in [4.78, 5) is 12.4. The van der Waals surface area contributed by atoms with Gasteiger partial charge in [-0.25, -0.2) is 0 Å². The van der Waals surface area contributed by atoms with Crippen molar-refractivity contribution in [3.8, 4) is 0 Å². The number of hydrogen-bond acceptors (Lipinski definition) is 5. The van der Waals surface area contributed by atoms with Crippen molar-refractivity contribution >= 4 is 5.91 Å². The molecule has 0 aliphatic carbocycles. The largest absolute Gasteiger partial charge is 0.394 e. The summed E-state index contributed by atoms with van der Waals surface area (Å²) in [5, 5.41) is 43.2. The number of hydrogen-bond donors (Lipinski definition) is 5. The summed E-state index contributed by atoms with van der Waals surface area (Å²) in [6, 6.07) is -1.01. The summed E-state index contributed by atoms with van der Waals surface area (Å²) >= 11 is 0. The van der Waals surface area contributed by atoms with E-state index >= 15 is 0 Å². The van der Waals surface area contributed by atoms with E-state index in [9.17, 15) is 25.2 Å². The first kappa shape index (κ1) is 42.5. The molecule has 0 rings (SSSR count). The molecule has 0 aromatic rings. The minimum atomic E-state index is -1.29. The predicted molar refractivity (Wildman–Crippen MR) is 187 cm³/mol. The lowest BCUT2D eigenvalue weighted by Crippen LogP contribution is -2.53. The zero-order valence-corrected chi connectivity index (χ0v) is 28.6. The molecule has 0 aromatic heterocycles. The minimum absolute atomic E-state index is 0.352. The van der Waals surface area contributed by atoms with Crippen LogP contribution in [0.3, 0.4) is 0 Å². The topological polar surface area (TPSA) is 110 Å². The predicted octanol–water partition coefficient (Wildman–Crippen LogP) is 8.62. The van der Waals surface area contributed by atoms with Gasteiger partial charge in [0.2, 0.25) is 5.91 Å². The smallest absolute Gasteiger partial charge is 0.249 e. The molecule has 4 atom stereocenters. The molecule has 0 radical (unpaired) electrons. The van der Waals surface area contributed by atoms with Gasteiger partial charge in [-0.05, 0) is 71.1 Å². The van der Waals surface area contributed by atoms with Gasteiger partial charge in [-0.3, -0.25) is 4.79 Å². The second-order valence-electron chi connectivity index (χ2n) is 12.6. The number of carbonyl (C=O) groups excluding carboxylic acids is 1. The standard InChI is InChI=1S/C38H71NO5/c1-3-5-7-9-11-13-14-15-16-17-18-19-20-21-22-23-24-26-28-30-32-36(42)38(44)39-34(33-40)37(43)35(41)31-29-27-25-12-10-8-6-4-2/h4,6,12,19-20,25,34-37,40-43H,3,5,7-11,13-18,21-24,26-33H2,1-2H3,(H,39,44)/b6-4+,20-19-,25-12+. The molecule has 44 heavy (non-hydrogen) atoms. The van der Waals surface area contributed by atoms with Crippen molar-refractivity contribution < 1.29 is 25.2 Å². The van der Waals surface area contributed by atoms with E-state index in [0.29, 0.717) is 19.3 Å². The van der Waals surface area contributed by atoms with Gasteiger partial charge in [-0.15, -0.1) is 0 Å². The quantitative estimate of drug-likeness (QED) is 0.0382. The third-order valence-corrected chi connectivity index (χ3v) is 8.40. The number of aliphatic hydroxyl groups excluding tert-OH is 4. The van der Waals surface area contributed by atoms with Crippen molar-refractivity contribution in [3.05, 3.63) is 36.5 Å². The molecular weight excluding hydrogens is 550 g/mol. The van der Waals surface area contributed by atoms with Crippen molar-refractivity contribution in [2.24, 2.45) is 0 Å². The first-order chi connectivity index (χ1) is 21.5. The zero-order valence-electron chi connectivity index (χ0n) is 28.6. The molecule has 0 saturated heterocycles. The normalized spacial score (nSPS) is 15.0. The Balaban J connectivity index is 3.78. The van der Waals surface area contributed by atoms with Crippen LogP contribution in [0.2, 0.25) is 0 Å². The van der Waals surface area contributed by atoms with E-state index in [-0.39, 0.29) is 0 Å². The van der Waals surface area contributed by atoms with Crippen LogP contribution in [0.5, 0.6) is 0 Å². The van der Waals surface area contributed by atoms with Crippen LogP contribution < -0.4 is 5.32 Å². The Hall–Kier alpha value is -1.47. The van der Waals surface area contributed by atoms with E-state index < -0.39 is 36.9 Å². The van der Waals surface area contributed by atoms with Gasteiger partial charge in [-0.2, -0.15) is 0 Å². The Bertz CT molecular complexity index is 707. The van der Waals surface area contributed by atoms with Gasteiger partial charge in [-0.1, -0.05) is 133 Å². The van der Waals surface area contributed by atoms with Crippen LogP contribution in [0.4, 0.5) is 0 Å². The van der Waals surface area contributed by atoms with E-state index in [2.05, 4.69) is 42.6 Å². The van der Waals surface area contributed by atoms with Gasteiger partial charge >= 0.3 is 0 Å². The third-order valence-electron chi connectivity index (χ3n) is 8.40. The molecule has 0 saturated carbocycles. The van der Waals surface area contributed by atoms with Crippen LogP contribution in [-0.2, 0) is 4.79 Å². The number of amides is 1. The summed E-state index contributed by atoms with van der Waals surface area (Å²) in [6.07, 6.45) is 36.3. The van der Waals surface area contributed by atoms with Gasteiger partial charge in [0.1, 0.15) is 12.2 Å². The maximum absolute atomic E-state index is 12.4. The molecule has 0 spiro atoms. The Morgan fingerprint density at radius 1 is 0.591 bits per heavy atom. The van der Waals surface area contributed by atoms with Crippen molar-refractivity contribution in [3.63, 3.8) is 0 Å². The van der Waals surface area contributed by atoms with E-state index in [1.807, 2.05) is 13.0 Å². The number of aliphatic hydroxyl groups is 4. The number of carbonyl (C=O) groups is 1. The van der Waals surface area contributed by atoms with Crippen LogP contribution in [0.25, 0.3) is 0 Å². The number of unbranched alkanes of at least 4 members (excludes halogenated alkanes) is 18. The molecule has 5 N–H and O–H groups in total. The van der Waals surface area contributed by atoms with Gasteiger partial charge in [0, 0.05) is 0 Å². The SMILES string of the molecule is C/C=C/CC/C=C/CCCC(O)C(O)C(CO)NC(=O)C(O)CCCCCCCC/C=C\CCCCCCCCCCCC. The average molecular weight is 622 g/mol. The maximum Gasteiger partial charge on any atom is 0.249 e. The van der Waals surface area contributed by atoms with E-state index in [0.717, 1.165) is 51.4 Å². The van der Waals surface area contributed by atoms with Crippen LogP contribution in [0.1, 0.15) is 168 Å². The molecular formula is C38H71NO5. The molecule has 0 bridgehead atoms. The molecule has 0 aliphatic heterocycles. The van der Waals surface area contributed by atoms with E-state index in [1.165, 1.54) is 83.5 Å². The summed E-state index contributed by atoms with van der Waals surface area (Å²) in [5.41, 5.74) is 0. The van der Waals surface area contributed by atoms with Crippen LogP contribution >= 0.6 is 0 Å². The number of allylic oxidation sites excluding steroid dienone is 6. The maximum atomic E-state index is 12.4. The summed E-state index contributed by atoms with van der Waals surface area (Å²) in [5.74, 6) is -0.607. The minimum Gasteiger partial charge on any atom is -0.394 e. The van der Waals surface area contributed by atoms with E-state index in [4.69, 9.17) is 0 Å². The lowest BCUT2D eigenvalue weighted by atomic mass is 10.00. The zero-order chi connectivity index (χ0) is 32.5.